The third-order valence-electron chi connectivity index (χ3n) is 7.88. The molecule has 1 aliphatic rings. The first-order valence-electron chi connectivity index (χ1n) is 13.7. The van der Waals surface area contributed by atoms with Crippen molar-refractivity contribution in [1.29, 1.82) is 0 Å². The lowest BCUT2D eigenvalue weighted by Gasteiger charge is -2.47. The Kier molecular flexibility index (Phi) is 8.94. The van der Waals surface area contributed by atoms with Crippen molar-refractivity contribution in [2.45, 2.75) is 57.7 Å². The van der Waals surface area contributed by atoms with Gasteiger partial charge in [-0.25, -0.2) is 5.48 Å². The van der Waals surface area contributed by atoms with Gasteiger partial charge in [0, 0.05) is 49.4 Å². The molecule has 2 heterocycles. The molecule has 4 rings (SSSR count). The van der Waals surface area contributed by atoms with E-state index in [-0.39, 0.29) is 18.2 Å². The van der Waals surface area contributed by atoms with Crippen LogP contribution in [0, 0.1) is 6.92 Å². The number of carbonyl (C=O) groups excluding carboxylic acids is 3. The van der Waals surface area contributed by atoms with E-state index in [2.05, 4.69) is 15.2 Å². The fourth-order valence-electron chi connectivity index (χ4n) is 5.56. The number of benzene rings is 2. The number of fused-ring (bicyclic) bond motifs is 1. The Bertz CT molecular complexity index is 1410. The van der Waals surface area contributed by atoms with Crippen LogP contribution in [-0.4, -0.2) is 76.0 Å². The van der Waals surface area contributed by atoms with Gasteiger partial charge in [0.1, 0.15) is 12.4 Å². The molecule has 0 spiro atoms. The lowest BCUT2D eigenvalue weighted by Crippen LogP contribution is -2.62. The number of rotatable bonds is 9. The van der Waals surface area contributed by atoms with Gasteiger partial charge in [-0.05, 0) is 70.0 Å². The van der Waals surface area contributed by atoms with E-state index in [4.69, 9.17) is 4.74 Å². The van der Waals surface area contributed by atoms with Crippen LogP contribution in [0.5, 0.6) is 5.75 Å². The zero-order valence-corrected chi connectivity index (χ0v) is 24.4. The van der Waals surface area contributed by atoms with Gasteiger partial charge in [-0.1, -0.05) is 18.2 Å². The minimum Gasteiger partial charge on any atom is -0.489 e. The van der Waals surface area contributed by atoms with Gasteiger partial charge in [0.2, 0.25) is 11.8 Å². The Hall–Kier alpha value is -4.02. The second-order valence-electron chi connectivity index (χ2n) is 11.4. The number of hydrogen-bond donors (Lipinski definition) is 3. The van der Waals surface area contributed by atoms with Crippen LogP contribution in [0.3, 0.4) is 0 Å². The summed E-state index contributed by atoms with van der Waals surface area (Å²) in [5, 5.41) is 13.3. The van der Waals surface area contributed by atoms with Gasteiger partial charge < -0.3 is 15.0 Å². The maximum absolute atomic E-state index is 13.3. The summed E-state index contributed by atoms with van der Waals surface area (Å²) in [7, 11) is 3.45. The lowest BCUT2D eigenvalue weighted by atomic mass is 9.81. The quantitative estimate of drug-likeness (QED) is 0.270. The first kappa shape index (κ1) is 30.0. The molecule has 1 aliphatic heterocycles. The summed E-state index contributed by atoms with van der Waals surface area (Å²) in [5.41, 5.74) is 3.38. The second-order valence-corrected chi connectivity index (χ2v) is 11.4. The Morgan fingerprint density at radius 3 is 2.37 bits per heavy atom. The first-order valence-corrected chi connectivity index (χ1v) is 13.7. The number of likely N-dealkylation sites (N-methyl/N-ethyl adjacent to an activating group) is 1. The first-order chi connectivity index (χ1) is 19.4. The van der Waals surface area contributed by atoms with E-state index >= 15 is 0 Å². The van der Waals surface area contributed by atoms with E-state index in [1.54, 1.807) is 48.7 Å². The summed E-state index contributed by atoms with van der Waals surface area (Å²) in [6.07, 6.45) is 0.805. The van der Waals surface area contributed by atoms with Gasteiger partial charge in [-0.15, -0.1) is 0 Å². The monoisotopic (exact) mass is 561 g/mol. The summed E-state index contributed by atoms with van der Waals surface area (Å²) in [6, 6.07) is 16.8. The minimum absolute atomic E-state index is 0.0169. The smallest absolute Gasteiger partial charge is 0.251 e. The van der Waals surface area contributed by atoms with Crippen molar-refractivity contribution in [3.05, 3.63) is 71.4 Å². The summed E-state index contributed by atoms with van der Waals surface area (Å²) in [5.74, 6) is -0.299. The highest BCUT2D eigenvalue weighted by Crippen LogP contribution is 2.31. The number of hydroxylamine groups is 1. The molecular weight excluding hydrogens is 522 g/mol. The number of ether oxygens (including phenoxy) is 1. The maximum atomic E-state index is 13.3. The molecule has 0 radical (unpaired) electrons. The van der Waals surface area contributed by atoms with Gasteiger partial charge in [0.25, 0.3) is 5.91 Å². The Morgan fingerprint density at radius 2 is 1.73 bits per heavy atom. The molecule has 1 aromatic heterocycles. The van der Waals surface area contributed by atoms with Crippen molar-refractivity contribution in [2.24, 2.45) is 0 Å². The third-order valence-corrected chi connectivity index (χ3v) is 7.88. The van der Waals surface area contributed by atoms with Crippen molar-refractivity contribution in [2.75, 3.05) is 27.2 Å². The van der Waals surface area contributed by atoms with E-state index in [1.165, 1.54) is 0 Å². The van der Waals surface area contributed by atoms with E-state index in [1.807, 2.05) is 51.1 Å². The molecule has 0 saturated carbocycles. The summed E-state index contributed by atoms with van der Waals surface area (Å²) >= 11 is 0. The van der Waals surface area contributed by atoms with Crippen LogP contribution in [0.2, 0.25) is 0 Å². The predicted octanol–water partition coefficient (Wildman–Crippen LogP) is 3.45. The highest BCUT2D eigenvalue weighted by Gasteiger charge is 2.44. The zero-order chi connectivity index (χ0) is 29.8. The number of aryl methyl sites for hydroxylation is 1. The highest BCUT2D eigenvalue weighted by molar-refractivity contribution is 5.95. The molecule has 10 heteroatoms. The molecule has 218 valence electrons. The summed E-state index contributed by atoms with van der Waals surface area (Å²) in [4.78, 5) is 46.5. The highest BCUT2D eigenvalue weighted by atomic mass is 16.5. The van der Waals surface area contributed by atoms with Gasteiger partial charge in [0.05, 0.1) is 23.0 Å². The zero-order valence-electron chi connectivity index (χ0n) is 24.4. The number of nitrogens with one attached hydrogen (secondary N) is 2. The van der Waals surface area contributed by atoms with Crippen LogP contribution in [0.25, 0.3) is 10.9 Å². The fraction of sp³-hybridized carbons (Fsp3) is 0.419. The Morgan fingerprint density at radius 1 is 1.07 bits per heavy atom. The van der Waals surface area contributed by atoms with E-state index < -0.39 is 17.0 Å². The average Bonchev–Trinajstić information content (AvgIpc) is 2.95. The number of piperidine rings is 1. The van der Waals surface area contributed by atoms with Crippen molar-refractivity contribution in [3.63, 3.8) is 0 Å². The predicted molar refractivity (Wildman–Crippen MR) is 156 cm³/mol. The van der Waals surface area contributed by atoms with Gasteiger partial charge in [0.15, 0.2) is 0 Å². The SMILES string of the molecule is Cc1cc(COc2ccc(C(=O)NC3(CC(=O)NO)CCN(C(C)(C)C(=O)N(C)C)CC3)cc2)c2ccccc2n1. The molecule has 2 aromatic carbocycles. The average molecular weight is 562 g/mol. The maximum Gasteiger partial charge on any atom is 0.251 e. The molecule has 1 saturated heterocycles. The largest absolute Gasteiger partial charge is 0.489 e. The van der Waals surface area contributed by atoms with Gasteiger partial charge in [-0.3, -0.25) is 29.5 Å². The molecule has 3 amide bonds. The number of para-hydroxylation sites is 1. The fourth-order valence-corrected chi connectivity index (χ4v) is 5.56. The number of pyridine rings is 1. The number of carbonyl (C=O) groups is 3. The molecule has 41 heavy (non-hydrogen) atoms. The number of nitrogens with zero attached hydrogens (tertiary/aromatic N) is 3. The van der Waals surface area contributed by atoms with Crippen molar-refractivity contribution >= 4 is 28.6 Å². The van der Waals surface area contributed by atoms with Crippen LogP contribution in [0.4, 0.5) is 0 Å². The minimum atomic E-state index is -0.868. The molecule has 0 atom stereocenters. The number of hydrogen-bond acceptors (Lipinski definition) is 7. The molecule has 1 fully saturated rings. The third kappa shape index (κ3) is 6.83. The van der Waals surface area contributed by atoms with Crippen LogP contribution in [-0.2, 0) is 16.2 Å². The molecular formula is C31H39N5O5. The molecule has 10 nitrogen and oxygen atoms in total. The number of amides is 3. The van der Waals surface area contributed by atoms with E-state index in [9.17, 15) is 19.6 Å². The van der Waals surface area contributed by atoms with Crippen molar-refractivity contribution in [3.8, 4) is 5.75 Å². The normalized spacial score (nSPS) is 15.3. The number of aromatic nitrogens is 1. The molecule has 0 aliphatic carbocycles. The molecule has 3 N–H and O–H groups in total. The number of likely N-dealkylation sites (tertiary alicyclic amines) is 1. The summed E-state index contributed by atoms with van der Waals surface area (Å²) in [6.45, 7) is 7.07. The van der Waals surface area contributed by atoms with Crippen LogP contribution in [0.15, 0.2) is 54.6 Å². The second kappa shape index (κ2) is 12.2. The van der Waals surface area contributed by atoms with Crippen LogP contribution in [0.1, 0.15) is 54.7 Å². The van der Waals surface area contributed by atoms with E-state index in [0.717, 1.165) is 22.2 Å². The van der Waals surface area contributed by atoms with Gasteiger partial charge >= 0.3 is 0 Å². The Balaban J connectivity index is 1.43. The van der Waals surface area contributed by atoms with Crippen molar-refractivity contribution < 1.29 is 24.3 Å². The Labute approximate surface area is 240 Å². The van der Waals surface area contributed by atoms with Crippen molar-refractivity contribution in [1.82, 2.24) is 25.6 Å². The van der Waals surface area contributed by atoms with Crippen LogP contribution < -0.4 is 15.5 Å². The van der Waals surface area contributed by atoms with E-state index in [0.29, 0.717) is 43.9 Å². The lowest BCUT2D eigenvalue weighted by molar-refractivity contribution is -0.142. The molecule has 0 unspecified atom stereocenters. The topological polar surface area (TPSA) is 124 Å². The molecule has 3 aromatic rings. The van der Waals surface area contributed by atoms with Crippen LogP contribution >= 0.6 is 0 Å². The van der Waals surface area contributed by atoms with Gasteiger partial charge in [-0.2, -0.15) is 0 Å². The standard InChI is InChI=1S/C31H39N5O5/c1-21-18-23(25-8-6-7-9-26(25)32-21)20-41-24-12-10-22(11-13-24)28(38)33-31(19-27(37)34-40)14-16-36(17-15-31)30(2,3)29(39)35(4)5/h6-13,18,40H,14-17,19-20H2,1-5H3,(H,33,38)(H,34,37). The molecule has 0 bridgehead atoms. The summed E-state index contributed by atoms with van der Waals surface area (Å²) < 4.78 is 6.03.